The summed E-state index contributed by atoms with van der Waals surface area (Å²) in [6.07, 6.45) is 0. The first-order chi connectivity index (χ1) is 5.04. The molecular weight excluding hydrogens is 136 g/mol. The summed E-state index contributed by atoms with van der Waals surface area (Å²) >= 11 is 0. The van der Waals surface area contributed by atoms with E-state index in [2.05, 4.69) is 44.6 Å². The third kappa shape index (κ3) is 1.39. The maximum Gasteiger partial charge on any atom is 0.0960 e. The molecule has 1 aliphatic rings. The molecule has 64 valence electrons. The topological polar surface area (TPSA) is 15.6 Å². The highest BCUT2D eigenvalue weighted by Gasteiger charge is 2.27. The Kier molecular flexibility index (Phi) is 2.21. The summed E-state index contributed by atoms with van der Waals surface area (Å²) in [4.78, 5) is 6.79. The van der Waals surface area contributed by atoms with Gasteiger partial charge in [0.05, 0.1) is 11.9 Å². The SMILES string of the molecule is CC1=NC(C)C(C)C(C)N1C. The molecule has 1 aliphatic heterocycles. The van der Waals surface area contributed by atoms with Gasteiger partial charge in [0.25, 0.3) is 0 Å². The molecule has 0 N–H and O–H groups in total. The van der Waals surface area contributed by atoms with Crippen molar-refractivity contribution in [1.82, 2.24) is 4.90 Å². The van der Waals surface area contributed by atoms with Crippen LogP contribution in [-0.4, -0.2) is 29.9 Å². The van der Waals surface area contributed by atoms with Crippen LogP contribution in [0.4, 0.5) is 0 Å². The van der Waals surface area contributed by atoms with Crippen molar-refractivity contribution in [3.63, 3.8) is 0 Å². The average Bonchev–Trinajstić information content (AvgIpc) is 1.97. The summed E-state index contributed by atoms with van der Waals surface area (Å²) in [7, 11) is 2.12. The Balaban J connectivity index is 2.83. The third-order valence-corrected chi connectivity index (χ3v) is 3.03. The molecule has 2 nitrogen and oxygen atoms in total. The highest BCUT2D eigenvalue weighted by atomic mass is 15.2. The molecular formula is C9H18N2. The fraction of sp³-hybridized carbons (Fsp3) is 0.889. The van der Waals surface area contributed by atoms with Gasteiger partial charge in [0.15, 0.2) is 0 Å². The van der Waals surface area contributed by atoms with Gasteiger partial charge >= 0.3 is 0 Å². The number of nitrogens with zero attached hydrogens (tertiary/aromatic N) is 2. The first-order valence-electron chi connectivity index (χ1n) is 4.31. The lowest BCUT2D eigenvalue weighted by molar-refractivity contribution is 0.242. The Labute approximate surface area is 69.3 Å². The zero-order valence-corrected chi connectivity index (χ0v) is 8.13. The van der Waals surface area contributed by atoms with Gasteiger partial charge < -0.3 is 4.90 Å². The number of hydrogen-bond donors (Lipinski definition) is 0. The molecule has 0 saturated heterocycles. The van der Waals surface area contributed by atoms with Crippen LogP contribution in [0.5, 0.6) is 0 Å². The maximum absolute atomic E-state index is 4.54. The fourth-order valence-corrected chi connectivity index (χ4v) is 1.55. The largest absolute Gasteiger partial charge is 0.361 e. The highest BCUT2D eigenvalue weighted by molar-refractivity contribution is 5.80. The number of hydrogen-bond acceptors (Lipinski definition) is 2. The van der Waals surface area contributed by atoms with Gasteiger partial charge in [-0.2, -0.15) is 0 Å². The molecule has 11 heavy (non-hydrogen) atoms. The molecule has 0 aliphatic carbocycles. The molecule has 0 radical (unpaired) electrons. The molecule has 0 aromatic carbocycles. The summed E-state index contributed by atoms with van der Waals surface area (Å²) in [5.74, 6) is 1.84. The summed E-state index contributed by atoms with van der Waals surface area (Å²) < 4.78 is 0. The van der Waals surface area contributed by atoms with Crippen molar-refractivity contribution in [2.24, 2.45) is 10.9 Å². The van der Waals surface area contributed by atoms with Gasteiger partial charge in [0, 0.05) is 13.1 Å². The van der Waals surface area contributed by atoms with Gasteiger partial charge in [0.2, 0.25) is 0 Å². The van der Waals surface area contributed by atoms with Gasteiger partial charge in [-0.25, -0.2) is 0 Å². The zero-order valence-electron chi connectivity index (χ0n) is 8.13. The number of rotatable bonds is 0. The number of amidine groups is 1. The van der Waals surface area contributed by atoms with Crippen molar-refractivity contribution in [1.29, 1.82) is 0 Å². The molecule has 0 saturated carbocycles. The predicted octanol–water partition coefficient (Wildman–Crippen LogP) is 1.76. The molecule has 0 aromatic rings. The van der Waals surface area contributed by atoms with E-state index < -0.39 is 0 Å². The Hall–Kier alpha value is -0.530. The van der Waals surface area contributed by atoms with E-state index in [-0.39, 0.29) is 0 Å². The van der Waals surface area contributed by atoms with Crippen LogP contribution < -0.4 is 0 Å². The van der Waals surface area contributed by atoms with E-state index in [0.29, 0.717) is 18.0 Å². The second kappa shape index (κ2) is 2.84. The minimum atomic E-state index is 0.487. The smallest absolute Gasteiger partial charge is 0.0960 e. The Bertz CT molecular complexity index is 174. The van der Waals surface area contributed by atoms with Gasteiger partial charge in [-0.15, -0.1) is 0 Å². The van der Waals surface area contributed by atoms with Crippen LogP contribution in [0.15, 0.2) is 4.99 Å². The summed E-state index contributed by atoms with van der Waals surface area (Å²) in [5, 5.41) is 0. The monoisotopic (exact) mass is 154 g/mol. The van der Waals surface area contributed by atoms with E-state index in [9.17, 15) is 0 Å². The molecule has 2 heteroatoms. The Morgan fingerprint density at radius 1 is 1.27 bits per heavy atom. The van der Waals surface area contributed by atoms with Crippen molar-refractivity contribution >= 4 is 5.84 Å². The van der Waals surface area contributed by atoms with E-state index in [1.807, 2.05) is 0 Å². The number of aliphatic imine (C=N–C) groups is 1. The predicted molar refractivity (Wildman–Crippen MR) is 49.0 cm³/mol. The van der Waals surface area contributed by atoms with Crippen LogP contribution in [0.1, 0.15) is 27.7 Å². The molecule has 0 aromatic heterocycles. The zero-order chi connectivity index (χ0) is 8.59. The van der Waals surface area contributed by atoms with Gasteiger partial charge in [0.1, 0.15) is 0 Å². The van der Waals surface area contributed by atoms with Crippen molar-refractivity contribution in [2.75, 3.05) is 7.05 Å². The van der Waals surface area contributed by atoms with Gasteiger partial charge in [-0.1, -0.05) is 6.92 Å². The summed E-state index contributed by atoms with van der Waals surface area (Å²) in [5.41, 5.74) is 0. The Morgan fingerprint density at radius 2 is 1.82 bits per heavy atom. The average molecular weight is 154 g/mol. The lowest BCUT2D eigenvalue weighted by atomic mass is 9.93. The van der Waals surface area contributed by atoms with Crippen molar-refractivity contribution in [3.8, 4) is 0 Å². The normalized spacial score (nSPS) is 38.8. The van der Waals surface area contributed by atoms with E-state index in [1.54, 1.807) is 0 Å². The van der Waals surface area contributed by atoms with Crippen molar-refractivity contribution < 1.29 is 0 Å². The van der Waals surface area contributed by atoms with Crippen LogP contribution in [0, 0.1) is 5.92 Å². The highest BCUT2D eigenvalue weighted by Crippen LogP contribution is 2.21. The van der Waals surface area contributed by atoms with Crippen LogP contribution in [-0.2, 0) is 0 Å². The molecule has 0 bridgehead atoms. The van der Waals surface area contributed by atoms with E-state index in [0.717, 1.165) is 0 Å². The minimum absolute atomic E-state index is 0.487. The van der Waals surface area contributed by atoms with Crippen LogP contribution >= 0.6 is 0 Å². The molecule has 3 atom stereocenters. The molecule has 0 spiro atoms. The van der Waals surface area contributed by atoms with Crippen molar-refractivity contribution in [3.05, 3.63) is 0 Å². The van der Waals surface area contributed by atoms with Gasteiger partial charge in [-0.05, 0) is 26.7 Å². The lowest BCUT2D eigenvalue weighted by Gasteiger charge is -2.38. The summed E-state index contributed by atoms with van der Waals surface area (Å²) in [6, 6.07) is 1.11. The lowest BCUT2D eigenvalue weighted by Crippen LogP contribution is -2.45. The fourth-order valence-electron chi connectivity index (χ4n) is 1.55. The van der Waals surface area contributed by atoms with E-state index in [1.165, 1.54) is 5.84 Å². The first-order valence-corrected chi connectivity index (χ1v) is 4.31. The summed E-state index contributed by atoms with van der Waals surface area (Å²) in [6.45, 7) is 8.80. The van der Waals surface area contributed by atoms with Crippen LogP contribution in [0.3, 0.4) is 0 Å². The molecule has 0 amide bonds. The van der Waals surface area contributed by atoms with Crippen LogP contribution in [0.2, 0.25) is 0 Å². The molecule has 1 heterocycles. The van der Waals surface area contributed by atoms with Crippen molar-refractivity contribution in [2.45, 2.75) is 39.8 Å². The second-order valence-corrected chi connectivity index (χ2v) is 3.63. The maximum atomic E-state index is 4.54. The molecule has 0 fully saturated rings. The quantitative estimate of drug-likeness (QED) is 0.519. The Morgan fingerprint density at radius 3 is 2.36 bits per heavy atom. The van der Waals surface area contributed by atoms with E-state index in [4.69, 9.17) is 0 Å². The van der Waals surface area contributed by atoms with Gasteiger partial charge in [-0.3, -0.25) is 4.99 Å². The minimum Gasteiger partial charge on any atom is -0.361 e. The standard InChI is InChI=1S/C9H18N2/c1-6-7(2)10-9(4)11(5)8(6)3/h6-8H,1-5H3. The molecule has 1 rings (SSSR count). The second-order valence-electron chi connectivity index (χ2n) is 3.63. The molecule has 3 unspecified atom stereocenters. The third-order valence-electron chi connectivity index (χ3n) is 3.03. The van der Waals surface area contributed by atoms with Crippen LogP contribution in [0.25, 0.3) is 0 Å². The first kappa shape index (κ1) is 8.57. The van der Waals surface area contributed by atoms with E-state index >= 15 is 0 Å².